The van der Waals surface area contributed by atoms with Crippen molar-refractivity contribution in [2.24, 2.45) is 0 Å². The fourth-order valence-electron chi connectivity index (χ4n) is 2.31. The Hall–Kier alpha value is -2.57. The Kier molecular flexibility index (Phi) is 4.88. The number of benzene rings is 1. The first-order chi connectivity index (χ1) is 10.8. The van der Waals surface area contributed by atoms with Gasteiger partial charge in [-0.2, -0.15) is 0 Å². The topological polar surface area (TPSA) is 105 Å². The molecule has 3 N–H and O–H groups in total. The molecule has 0 saturated carbocycles. The van der Waals surface area contributed by atoms with E-state index < -0.39 is 17.6 Å². The summed E-state index contributed by atoms with van der Waals surface area (Å²) >= 11 is 0. The van der Waals surface area contributed by atoms with Gasteiger partial charge in [-0.15, -0.1) is 0 Å². The van der Waals surface area contributed by atoms with Gasteiger partial charge >= 0.3 is 5.97 Å². The zero-order valence-corrected chi connectivity index (χ0v) is 13.1. The second kappa shape index (κ2) is 6.68. The molecule has 2 rings (SSSR count). The van der Waals surface area contributed by atoms with Crippen molar-refractivity contribution in [3.05, 3.63) is 24.3 Å². The molecule has 2 amide bonds. The van der Waals surface area contributed by atoms with E-state index in [4.69, 9.17) is 9.84 Å². The number of ether oxygens (including phenoxy) is 1. The molecule has 7 heteroatoms. The summed E-state index contributed by atoms with van der Waals surface area (Å²) in [7, 11) is 0. The van der Waals surface area contributed by atoms with E-state index in [1.54, 1.807) is 38.1 Å². The van der Waals surface area contributed by atoms with Crippen molar-refractivity contribution < 1.29 is 24.2 Å². The van der Waals surface area contributed by atoms with Crippen LogP contribution >= 0.6 is 0 Å². The summed E-state index contributed by atoms with van der Waals surface area (Å²) < 4.78 is 5.56. The number of fused-ring (bicyclic) bond motifs is 1. The molecule has 7 nitrogen and oxygen atoms in total. The predicted molar refractivity (Wildman–Crippen MR) is 83.2 cm³/mol. The van der Waals surface area contributed by atoms with Gasteiger partial charge in [0.1, 0.15) is 5.75 Å². The molecule has 0 bridgehead atoms. The minimum absolute atomic E-state index is 0.0406. The van der Waals surface area contributed by atoms with Crippen molar-refractivity contribution in [1.29, 1.82) is 0 Å². The van der Waals surface area contributed by atoms with E-state index in [9.17, 15) is 14.4 Å². The zero-order valence-electron chi connectivity index (χ0n) is 13.1. The number of anilines is 1. The molecule has 1 unspecified atom stereocenters. The van der Waals surface area contributed by atoms with Crippen molar-refractivity contribution in [2.45, 2.75) is 44.8 Å². The van der Waals surface area contributed by atoms with Gasteiger partial charge in [0.05, 0.1) is 12.1 Å². The third-order valence-electron chi connectivity index (χ3n) is 3.52. The molecule has 23 heavy (non-hydrogen) atoms. The van der Waals surface area contributed by atoms with E-state index in [0.717, 1.165) is 0 Å². The number of para-hydroxylation sites is 2. The maximum atomic E-state index is 12.1. The van der Waals surface area contributed by atoms with Crippen LogP contribution in [0.4, 0.5) is 5.69 Å². The second-order valence-corrected chi connectivity index (χ2v) is 6.12. The Morgan fingerprint density at radius 1 is 1.35 bits per heavy atom. The molecule has 1 aliphatic rings. The van der Waals surface area contributed by atoms with E-state index in [0.29, 0.717) is 17.9 Å². The van der Waals surface area contributed by atoms with Gasteiger partial charge in [0, 0.05) is 12.0 Å². The molecule has 0 fully saturated rings. The number of nitrogens with one attached hydrogen (secondary N) is 2. The van der Waals surface area contributed by atoms with Gasteiger partial charge in [-0.05, 0) is 32.4 Å². The molecule has 1 aliphatic heterocycles. The quantitative estimate of drug-likeness (QED) is 0.737. The van der Waals surface area contributed by atoms with Crippen molar-refractivity contribution in [2.75, 3.05) is 5.32 Å². The highest BCUT2D eigenvalue weighted by Gasteiger charge is 2.31. The summed E-state index contributed by atoms with van der Waals surface area (Å²) in [6.07, 6.45) is -0.771. The monoisotopic (exact) mass is 320 g/mol. The largest absolute Gasteiger partial charge is 0.481 e. The Morgan fingerprint density at radius 2 is 2.04 bits per heavy atom. The average molecular weight is 320 g/mol. The smallest absolute Gasteiger partial charge is 0.303 e. The van der Waals surface area contributed by atoms with Gasteiger partial charge in [0.25, 0.3) is 5.91 Å². The average Bonchev–Trinajstić information content (AvgIpc) is 2.45. The lowest BCUT2D eigenvalue weighted by Gasteiger charge is -2.28. The standard InChI is InChI=1S/C16H20N2O5/c1-16(2,8-7-14(20)21)18-13(19)9-12-15(22)17-10-5-3-4-6-11(10)23-12/h3-6,12H,7-9H2,1-2H3,(H,17,22)(H,18,19)(H,20,21). The maximum absolute atomic E-state index is 12.1. The molecule has 0 saturated heterocycles. The van der Waals surface area contributed by atoms with Crippen LogP contribution in [0.5, 0.6) is 5.75 Å². The van der Waals surface area contributed by atoms with Gasteiger partial charge in [-0.3, -0.25) is 14.4 Å². The molecule has 0 aromatic heterocycles. The Balaban J connectivity index is 1.93. The number of hydrogen-bond donors (Lipinski definition) is 3. The minimum atomic E-state index is -0.918. The number of rotatable bonds is 6. The molecule has 124 valence electrons. The molecule has 1 heterocycles. The van der Waals surface area contributed by atoms with Crippen molar-refractivity contribution >= 4 is 23.5 Å². The Bertz CT molecular complexity index is 627. The molecular formula is C16H20N2O5. The minimum Gasteiger partial charge on any atom is -0.481 e. The van der Waals surface area contributed by atoms with Crippen LogP contribution in [0.15, 0.2) is 24.3 Å². The number of carbonyl (C=O) groups excluding carboxylic acids is 2. The summed E-state index contributed by atoms with van der Waals surface area (Å²) in [6.45, 7) is 3.48. The van der Waals surface area contributed by atoms with Crippen LogP contribution in [0, 0.1) is 0 Å². The van der Waals surface area contributed by atoms with E-state index in [-0.39, 0.29) is 24.7 Å². The fraction of sp³-hybridized carbons (Fsp3) is 0.438. The second-order valence-electron chi connectivity index (χ2n) is 6.12. The lowest BCUT2D eigenvalue weighted by atomic mass is 9.98. The van der Waals surface area contributed by atoms with Crippen LogP contribution in [0.2, 0.25) is 0 Å². The number of amides is 2. The van der Waals surface area contributed by atoms with Gasteiger partial charge < -0.3 is 20.5 Å². The zero-order chi connectivity index (χ0) is 17.0. The molecule has 0 spiro atoms. The van der Waals surface area contributed by atoms with E-state index in [1.807, 2.05) is 0 Å². The molecular weight excluding hydrogens is 300 g/mol. The molecule has 1 atom stereocenters. The van der Waals surface area contributed by atoms with Gasteiger partial charge in [0.2, 0.25) is 5.91 Å². The van der Waals surface area contributed by atoms with Crippen molar-refractivity contribution in [3.63, 3.8) is 0 Å². The highest BCUT2D eigenvalue weighted by Crippen LogP contribution is 2.29. The van der Waals surface area contributed by atoms with Crippen LogP contribution in [-0.4, -0.2) is 34.5 Å². The highest BCUT2D eigenvalue weighted by molar-refractivity contribution is 6.00. The first-order valence-electron chi connectivity index (χ1n) is 7.36. The Morgan fingerprint density at radius 3 is 2.74 bits per heavy atom. The van der Waals surface area contributed by atoms with Gasteiger partial charge in [-0.25, -0.2) is 0 Å². The third-order valence-corrected chi connectivity index (χ3v) is 3.52. The summed E-state index contributed by atoms with van der Waals surface area (Å²) in [6, 6.07) is 7.00. The first-order valence-corrected chi connectivity index (χ1v) is 7.36. The lowest BCUT2D eigenvalue weighted by Crippen LogP contribution is -2.47. The molecule has 1 aromatic rings. The van der Waals surface area contributed by atoms with Gasteiger partial charge in [-0.1, -0.05) is 12.1 Å². The van der Waals surface area contributed by atoms with Gasteiger partial charge in [0.15, 0.2) is 6.10 Å². The van der Waals surface area contributed by atoms with Crippen LogP contribution in [0.1, 0.15) is 33.1 Å². The van der Waals surface area contributed by atoms with Crippen molar-refractivity contribution in [3.8, 4) is 5.75 Å². The number of carboxylic acid groups (broad SMARTS) is 1. The predicted octanol–water partition coefficient (Wildman–Crippen LogP) is 1.54. The highest BCUT2D eigenvalue weighted by atomic mass is 16.5. The van der Waals surface area contributed by atoms with Crippen molar-refractivity contribution in [1.82, 2.24) is 5.32 Å². The lowest BCUT2D eigenvalue weighted by molar-refractivity contribution is -0.138. The molecule has 0 radical (unpaired) electrons. The molecule has 0 aliphatic carbocycles. The SMILES string of the molecule is CC(C)(CCC(=O)O)NC(=O)CC1Oc2ccccc2NC1=O. The van der Waals surface area contributed by atoms with Crippen LogP contribution in [0.3, 0.4) is 0 Å². The summed E-state index contributed by atoms with van der Waals surface area (Å²) in [5.74, 6) is -1.13. The van der Waals surface area contributed by atoms with E-state index >= 15 is 0 Å². The maximum Gasteiger partial charge on any atom is 0.303 e. The Labute approximate surface area is 134 Å². The van der Waals surface area contributed by atoms with E-state index in [1.165, 1.54) is 0 Å². The first kappa shape index (κ1) is 16.8. The number of hydrogen-bond acceptors (Lipinski definition) is 4. The summed E-state index contributed by atoms with van der Waals surface area (Å²) in [5.41, 5.74) is -0.0886. The van der Waals surface area contributed by atoms with E-state index in [2.05, 4.69) is 10.6 Å². The van der Waals surface area contributed by atoms with Crippen LogP contribution in [0.25, 0.3) is 0 Å². The summed E-state index contributed by atoms with van der Waals surface area (Å²) in [5, 5.41) is 14.2. The number of aliphatic carboxylic acids is 1. The number of carboxylic acids is 1. The third kappa shape index (κ3) is 4.70. The molecule has 1 aromatic carbocycles. The normalized spacial score (nSPS) is 16.8. The summed E-state index contributed by atoms with van der Waals surface area (Å²) in [4.78, 5) is 34.7. The van der Waals surface area contributed by atoms with Crippen LogP contribution < -0.4 is 15.4 Å². The number of carbonyl (C=O) groups is 3. The fourth-order valence-corrected chi connectivity index (χ4v) is 2.31. The van der Waals surface area contributed by atoms with Crippen LogP contribution in [-0.2, 0) is 14.4 Å².